The van der Waals surface area contributed by atoms with Crippen molar-refractivity contribution in [2.24, 2.45) is 0 Å². The molecule has 0 fully saturated rings. The number of ether oxygens (including phenoxy) is 1. The zero-order valence-electron chi connectivity index (χ0n) is 14.6. The number of hydrogen-bond donors (Lipinski definition) is 0. The Labute approximate surface area is 161 Å². The van der Waals surface area contributed by atoms with Gasteiger partial charge < -0.3 is 4.74 Å². The summed E-state index contributed by atoms with van der Waals surface area (Å²) in [7, 11) is -2.49. The van der Waals surface area contributed by atoms with E-state index in [1.807, 2.05) is 0 Å². The SMILES string of the molecule is CN(c1ccc(Oc2cccc(F)c2C#N)cc1)S(=O)(=O)c1ccc(F)cc1. The maximum Gasteiger partial charge on any atom is 0.264 e. The summed E-state index contributed by atoms with van der Waals surface area (Å²) in [4.78, 5) is -0.0462. The maximum atomic E-state index is 13.6. The van der Waals surface area contributed by atoms with Crippen LogP contribution in [0, 0.1) is 23.0 Å². The number of sulfonamides is 1. The quantitative estimate of drug-likeness (QED) is 0.634. The summed E-state index contributed by atoms with van der Waals surface area (Å²) in [6, 6.07) is 16.3. The van der Waals surface area contributed by atoms with E-state index in [-0.39, 0.29) is 16.2 Å². The summed E-state index contributed by atoms with van der Waals surface area (Å²) in [5.74, 6) is -0.861. The summed E-state index contributed by atoms with van der Waals surface area (Å²) in [6.45, 7) is 0. The topological polar surface area (TPSA) is 70.4 Å². The maximum absolute atomic E-state index is 13.6. The van der Waals surface area contributed by atoms with Crippen molar-refractivity contribution < 1.29 is 21.9 Å². The molecule has 28 heavy (non-hydrogen) atoms. The first-order valence-corrected chi connectivity index (χ1v) is 9.48. The molecule has 0 spiro atoms. The van der Waals surface area contributed by atoms with Crippen LogP contribution < -0.4 is 9.04 Å². The molecule has 0 amide bonds. The predicted octanol–water partition coefficient (Wildman–Crippen LogP) is 4.45. The Morgan fingerprint density at radius 3 is 2.21 bits per heavy atom. The normalized spacial score (nSPS) is 10.9. The summed E-state index contributed by atoms with van der Waals surface area (Å²) in [6.07, 6.45) is 0. The monoisotopic (exact) mass is 400 g/mol. The first-order valence-electron chi connectivity index (χ1n) is 8.04. The van der Waals surface area contributed by atoms with Gasteiger partial charge in [-0.05, 0) is 60.7 Å². The lowest BCUT2D eigenvalue weighted by atomic mass is 10.2. The molecule has 0 radical (unpaired) electrons. The Kier molecular flexibility index (Phi) is 5.29. The van der Waals surface area contributed by atoms with Crippen molar-refractivity contribution in [3.05, 3.63) is 83.9 Å². The van der Waals surface area contributed by atoms with Gasteiger partial charge in [0.15, 0.2) is 0 Å². The summed E-state index contributed by atoms with van der Waals surface area (Å²) in [5.41, 5.74) is 0.124. The molecule has 0 saturated heterocycles. The van der Waals surface area contributed by atoms with Gasteiger partial charge in [-0.1, -0.05) is 6.07 Å². The van der Waals surface area contributed by atoms with Crippen LogP contribution in [-0.2, 0) is 10.0 Å². The van der Waals surface area contributed by atoms with E-state index in [0.29, 0.717) is 11.4 Å². The molecule has 0 atom stereocenters. The molecule has 3 aromatic rings. The Bertz CT molecular complexity index is 1140. The predicted molar refractivity (Wildman–Crippen MR) is 99.6 cm³/mol. The molecule has 0 N–H and O–H groups in total. The highest BCUT2D eigenvalue weighted by Crippen LogP contribution is 2.29. The van der Waals surface area contributed by atoms with Gasteiger partial charge in [-0.15, -0.1) is 0 Å². The van der Waals surface area contributed by atoms with Gasteiger partial charge in [0.2, 0.25) is 0 Å². The number of anilines is 1. The second kappa shape index (κ2) is 7.66. The van der Waals surface area contributed by atoms with Gasteiger partial charge in [-0.2, -0.15) is 5.26 Å². The molecule has 142 valence electrons. The molecule has 0 heterocycles. The van der Waals surface area contributed by atoms with E-state index in [9.17, 15) is 17.2 Å². The standard InChI is InChI=1S/C20H14F2N2O3S/c1-24(28(25,26)17-11-5-14(21)6-12-17)15-7-9-16(10-8-15)27-20-4-2-3-19(22)18(20)13-23/h2-12H,1H3. The highest BCUT2D eigenvalue weighted by molar-refractivity contribution is 7.92. The third kappa shape index (κ3) is 3.80. The van der Waals surface area contributed by atoms with Gasteiger partial charge in [0.1, 0.15) is 34.8 Å². The molecule has 0 aliphatic heterocycles. The fourth-order valence-corrected chi connectivity index (χ4v) is 3.65. The second-order valence-corrected chi connectivity index (χ2v) is 7.72. The molecule has 3 aromatic carbocycles. The molecule has 0 unspecified atom stereocenters. The lowest BCUT2D eigenvalue weighted by Crippen LogP contribution is -2.26. The lowest BCUT2D eigenvalue weighted by Gasteiger charge is -2.20. The van der Waals surface area contributed by atoms with E-state index >= 15 is 0 Å². The minimum atomic E-state index is -3.86. The summed E-state index contributed by atoms with van der Waals surface area (Å²) >= 11 is 0. The molecule has 3 rings (SSSR count). The van der Waals surface area contributed by atoms with Crippen LogP contribution >= 0.6 is 0 Å². The number of hydrogen-bond acceptors (Lipinski definition) is 4. The van der Waals surface area contributed by atoms with E-state index in [0.717, 1.165) is 22.5 Å². The molecule has 0 saturated carbocycles. The smallest absolute Gasteiger partial charge is 0.264 e. The highest BCUT2D eigenvalue weighted by Gasteiger charge is 2.21. The van der Waals surface area contributed by atoms with E-state index in [4.69, 9.17) is 10.00 Å². The molecular weight excluding hydrogens is 386 g/mol. The van der Waals surface area contributed by atoms with Crippen molar-refractivity contribution >= 4 is 15.7 Å². The van der Waals surface area contributed by atoms with Gasteiger partial charge in [0.05, 0.1) is 10.6 Å². The van der Waals surface area contributed by atoms with Crippen LogP contribution in [0.25, 0.3) is 0 Å². The lowest BCUT2D eigenvalue weighted by molar-refractivity contribution is 0.474. The Hall–Kier alpha value is -3.44. The Morgan fingerprint density at radius 2 is 1.61 bits per heavy atom. The van der Waals surface area contributed by atoms with Gasteiger partial charge in [-0.25, -0.2) is 17.2 Å². The number of nitriles is 1. The van der Waals surface area contributed by atoms with Crippen LogP contribution in [0.15, 0.2) is 71.6 Å². The average Bonchev–Trinajstić information content (AvgIpc) is 2.68. The van der Waals surface area contributed by atoms with Gasteiger partial charge in [0, 0.05) is 7.05 Å². The van der Waals surface area contributed by atoms with Crippen LogP contribution in [0.4, 0.5) is 14.5 Å². The molecule has 0 aliphatic carbocycles. The highest BCUT2D eigenvalue weighted by atomic mass is 32.2. The van der Waals surface area contributed by atoms with Crippen molar-refractivity contribution in [3.63, 3.8) is 0 Å². The van der Waals surface area contributed by atoms with Crippen LogP contribution in [0.1, 0.15) is 5.56 Å². The number of rotatable bonds is 5. The average molecular weight is 400 g/mol. The van der Waals surface area contributed by atoms with Crippen LogP contribution in [-0.4, -0.2) is 15.5 Å². The Balaban J connectivity index is 1.84. The minimum absolute atomic E-state index is 0.0462. The van der Waals surface area contributed by atoms with Crippen LogP contribution in [0.2, 0.25) is 0 Å². The fraction of sp³-hybridized carbons (Fsp3) is 0.0500. The summed E-state index contributed by atoms with van der Waals surface area (Å²) in [5, 5.41) is 9.04. The second-order valence-electron chi connectivity index (χ2n) is 5.75. The molecule has 0 aliphatic rings. The van der Waals surface area contributed by atoms with Crippen molar-refractivity contribution in [2.45, 2.75) is 4.90 Å². The third-order valence-corrected chi connectivity index (χ3v) is 5.79. The number of benzene rings is 3. The van der Waals surface area contributed by atoms with E-state index < -0.39 is 21.7 Å². The van der Waals surface area contributed by atoms with Crippen LogP contribution in [0.5, 0.6) is 11.5 Å². The number of halogens is 2. The van der Waals surface area contributed by atoms with E-state index in [2.05, 4.69) is 0 Å². The van der Waals surface area contributed by atoms with E-state index in [1.165, 1.54) is 55.6 Å². The van der Waals surface area contributed by atoms with Crippen molar-refractivity contribution in [1.29, 1.82) is 5.26 Å². The first kappa shape index (κ1) is 19.3. The van der Waals surface area contributed by atoms with Crippen molar-refractivity contribution in [3.8, 4) is 17.6 Å². The molecule has 5 nitrogen and oxygen atoms in total. The van der Waals surface area contributed by atoms with Crippen molar-refractivity contribution in [2.75, 3.05) is 11.4 Å². The zero-order valence-corrected chi connectivity index (χ0v) is 15.5. The largest absolute Gasteiger partial charge is 0.456 e. The molecule has 0 aromatic heterocycles. The molecular formula is C20H14F2N2O3S. The van der Waals surface area contributed by atoms with E-state index in [1.54, 1.807) is 6.07 Å². The van der Waals surface area contributed by atoms with Gasteiger partial charge in [-0.3, -0.25) is 4.31 Å². The minimum Gasteiger partial charge on any atom is -0.456 e. The molecule has 8 heteroatoms. The Morgan fingerprint density at radius 1 is 0.964 bits per heavy atom. The van der Waals surface area contributed by atoms with Crippen molar-refractivity contribution in [1.82, 2.24) is 0 Å². The fourth-order valence-electron chi connectivity index (χ4n) is 2.45. The van der Waals surface area contributed by atoms with Crippen LogP contribution in [0.3, 0.4) is 0 Å². The molecule has 0 bridgehead atoms. The first-order chi connectivity index (χ1) is 13.3. The van der Waals surface area contributed by atoms with Gasteiger partial charge >= 0.3 is 0 Å². The zero-order chi connectivity index (χ0) is 20.3. The number of nitrogens with zero attached hydrogens (tertiary/aromatic N) is 2. The summed E-state index contributed by atoms with van der Waals surface area (Å²) < 4.78 is 58.5. The third-order valence-electron chi connectivity index (χ3n) is 3.99. The van der Waals surface area contributed by atoms with Gasteiger partial charge in [0.25, 0.3) is 10.0 Å².